The lowest BCUT2D eigenvalue weighted by atomic mass is 9.95. The second-order valence-corrected chi connectivity index (χ2v) is 5.96. The highest BCUT2D eigenvalue weighted by Gasteiger charge is 2.10. The minimum atomic E-state index is -0.202. The average Bonchev–Trinajstić information content (AvgIpc) is 2.58. The van der Waals surface area contributed by atoms with Crippen LogP contribution in [-0.2, 0) is 6.42 Å². The maximum absolute atomic E-state index is 14.8. The largest absolute Gasteiger partial charge is 0.206 e. The van der Waals surface area contributed by atoms with Crippen LogP contribution < -0.4 is 0 Å². The Labute approximate surface area is 145 Å². The number of rotatable bonds is 6. The van der Waals surface area contributed by atoms with Crippen LogP contribution in [0.3, 0.4) is 0 Å². The van der Waals surface area contributed by atoms with E-state index in [9.17, 15) is 4.39 Å². The molecule has 0 aliphatic heterocycles. The minimum Gasteiger partial charge on any atom is -0.206 e. The topological polar surface area (TPSA) is 0 Å². The Balaban J connectivity index is 2.49. The molecule has 0 atom stereocenters. The van der Waals surface area contributed by atoms with Crippen molar-refractivity contribution in [3.8, 4) is 11.1 Å². The third-order valence-corrected chi connectivity index (χ3v) is 3.92. The lowest BCUT2D eigenvalue weighted by molar-refractivity contribution is 0.625. The molecule has 2 aromatic carbocycles. The first-order chi connectivity index (χ1) is 11.6. The van der Waals surface area contributed by atoms with Crippen molar-refractivity contribution >= 4 is 5.57 Å². The summed E-state index contributed by atoms with van der Waals surface area (Å²) in [7, 11) is 0. The Morgan fingerprint density at radius 2 is 1.88 bits per heavy atom. The van der Waals surface area contributed by atoms with Crippen LogP contribution in [0.15, 0.2) is 72.8 Å². The van der Waals surface area contributed by atoms with Crippen molar-refractivity contribution in [2.75, 3.05) is 0 Å². The van der Waals surface area contributed by atoms with Crippen LogP contribution in [0.2, 0.25) is 0 Å². The molecular weight excluding hydrogens is 295 g/mol. The van der Waals surface area contributed by atoms with Gasteiger partial charge in [0.05, 0.1) is 0 Å². The monoisotopic (exact) mass is 320 g/mol. The number of aryl methyl sites for hydroxylation is 1. The molecular formula is C23H25F. The van der Waals surface area contributed by atoms with Crippen LogP contribution in [0.1, 0.15) is 38.3 Å². The summed E-state index contributed by atoms with van der Waals surface area (Å²) in [6, 6.07) is 13.7. The first-order valence-corrected chi connectivity index (χ1v) is 8.48. The Morgan fingerprint density at radius 1 is 1.12 bits per heavy atom. The SMILES string of the molecule is C=C(C)/C=C(\C=C/CC)c1ccc(-c2ccccc2CC)cc1F. The van der Waals surface area contributed by atoms with Gasteiger partial charge in [0, 0.05) is 5.56 Å². The summed E-state index contributed by atoms with van der Waals surface area (Å²) in [5.74, 6) is -0.202. The van der Waals surface area contributed by atoms with E-state index in [4.69, 9.17) is 0 Å². The van der Waals surface area contributed by atoms with Gasteiger partial charge in [-0.1, -0.05) is 80.6 Å². The van der Waals surface area contributed by atoms with Crippen molar-refractivity contribution < 1.29 is 4.39 Å². The molecule has 0 bridgehead atoms. The van der Waals surface area contributed by atoms with Gasteiger partial charge in [-0.15, -0.1) is 0 Å². The Hall–Kier alpha value is -2.41. The Kier molecular flexibility index (Phi) is 6.31. The first kappa shape index (κ1) is 17.9. The van der Waals surface area contributed by atoms with E-state index in [2.05, 4.69) is 32.6 Å². The standard InChI is InChI=1S/C23H25F/c1-5-7-10-19(15-17(3)4)22-14-13-20(16-23(22)24)21-12-9-8-11-18(21)6-2/h7-16H,3,5-6H2,1-2,4H3/b10-7-,19-15+. The van der Waals surface area contributed by atoms with Crippen LogP contribution in [0.25, 0.3) is 16.7 Å². The molecule has 0 fully saturated rings. The van der Waals surface area contributed by atoms with Gasteiger partial charge in [0.2, 0.25) is 0 Å². The summed E-state index contributed by atoms with van der Waals surface area (Å²) in [4.78, 5) is 0. The molecule has 124 valence electrons. The highest BCUT2D eigenvalue weighted by atomic mass is 19.1. The van der Waals surface area contributed by atoms with Gasteiger partial charge in [0.25, 0.3) is 0 Å². The van der Waals surface area contributed by atoms with Crippen LogP contribution in [0, 0.1) is 5.82 Å². The molecule has 0 unspecified atom stereocenters. The molecule has 24 heavy (non-hydrogen) atoms. The number of allylic oxidation sites excluding steroid dienone is 5. The molecule has 0 heterocycles. The van der Waals surface area contributed by atoms with Gasteiger partial charge in [0.1, 0.15) is 5.82 Å². The Morgan fingerprint density at radius 3 is 2.50 bits per heavy atom. The highest BCUT2D eigenvalue weighted by molar-refractivity contribution is 5.78. The maximum Gasteiger partial charge on any atom is 0.131 e. The zero-order chi connectivity index (χ0) is 17.5. The van der Waals surface area contributed by atoms with E-state index in [-0.39, 0.29) is 5.82 Å². The van der Waals surface area contributed by atoms with E-state index < -0.39 is 0 Å². The van der Waals surface area contributed by atoms with Crippen LogP contribution >= 0.6 is 0 Å². The number of halogens is 1. The van der Waals surface area contributed by atoms with Gasteiger partial charge < -0.3 is 0 Å². The molecule has 0 N–H and O–H groups in total. The van der Waals surface area contributed by atoms with Gasteiger partial charge in [0.15, 0.2) is 0 Å². The van der Waals surface area contributed by atoms with Crippen molar-refractivity contribution in [2.24, 2.45) is 0 Å². The van der Waals surface area contributed by atoms with Gasteiger partial charge >= 0.3 is 0 Å². The van der Waals surface area contributed by atoms with Gasteiger partial charge in [-0.3, -0.25) is 0 Å². The third kappa shape index (κ3) is 4.32. The van der Waals surface area contributed by atoms with Crippen molar-refractivity contribution in [1.82, 2.24) is 0 Å². The second kappa shape index (κ2) is 8.44. The molecule has 0 aromatic heterocycles. The fourth-order valence-corrected chi connectivity index (χ4v) is 2.75. The summed E-state index contributed by atoms with van der Waals surface area (Å²) >= 11 is 0. The second-order valence-electron chi connectivity index (χ2n) is 5.96. The average molecular weight is 320 g/mol. The summed E-state index contributed by atoms with van der Waals surface area (Å²) in [6.07, 6.45) is 7.77. The normalized spacial score (nSPS) is 11.9. The quantitative estimate of drug-likeness (QED) is 0.504. The molecule has 0 aliphatic rings. The summed E-state index contributed by atoms with van der Waals surface area (Å²) in [5.41, 5.74) is 5.62. The third-order valence-electron chi connectivity index (χ3n) is 3.92. The molecule has 0 amide bonds. The van der Waals surface area contributed by atoms with Crippen molar-refractivity contribution in [3.05, 3.63) is 89.8 Å². The lowest BCUT2D eigenvalue weighted by Gasteiger charge is -2.11. The van der Waals surface area contributed by atoms with E-state index in [0.717, 1.165) is 35.1 Å². The number of hydrogen-bond donors (Lipinski definition) is 0. The summed E-state index contributed by atoms with van der Waals surface area (Å²) in [5, 5.41) is 0. The summed E-state index contributed by atoms with van der Waals surface area (Å²) < 4.78 is 14.8. The van der Waals surface area contributed by atoms with Gasteiger partial charge in [-0.25, -0.2) is 4.39 Å². The predicted octanol–water partition coefficient (Wildman–Crippen LogP) is 6.98. The first-order valence-electron chi connectivity index (χ1n) is 8.48. The van der Waals surface area contributed by atoms with E-state index in [1.807, 2.05) is 49.4 Å². The van der Waals surface area contributed by atoms with Crippen LogP contribution in [0.4, 0.5) is 4.39 Å². The molecule has 0 saturated heterocycles. The van der Waals surface area contributed by atoms with Crippen molar-refractivity contribution in [2.45, 2.75) is 33.6 Å². The molecule has 0 aliphatic carbocycles. The Bertz CT molecular complexity index is 778. The highest BCUT2D eigenvalue weighted by Crippen LogP contribution is 2.29. The molecule has 0 nitrogen and oxygen atoms in total. The van der Waals surface area contributed by atoms with Gasteiger partial charge in [-0.2, -0.15) is 0 Å². The molecule has 0 saturated carbocycles. The fraction of sp³-hybridized carbons (Fsp3) is 0.217. The van der Waals surface area contributed by atoms with Crippen molar-refractivity contribution in [3.63, 3.8) is 0 Å². The van der Waals surface area contributed by atoms with E-state index in [0.29, 0.717) is 5.56 Å². The molecule has 2 aromatic rings. The minimum absolute atomic E-state index is 0.202. The van der Waals surface area contributed by atoms with E-state index in [1.54, 1.807) is 6.07 Å². The van der Waals surface area contributed by atoms with Crippen LogP contribution in [-0.4, -0.2) is 0 Å². The zero-order valence-corrected chi connectivity index (χ0v) is 14.8. The summed E-state index contributed by atoms with van der Waals surface area (Å²) in [6.45, 7) is 10.0. The maximum atomic E-state index is 14.8. The molecule has 2 rings (SSSR count). The molecule has 0 radical (unpaired) electrons. The van der Waals surface area contributed by atoms with Crippen molar-refractivity contribution in [1.29, 1.82) is 0 Å². The smallest absolute Gasteiger partial charge is 0.131 e. The number of benzene rings is 2. The fourth-order valence-electron chi connectivity index (χ4n) is 2.75. The van der Waals surface area contributed by atoms with Gasteiger partial charge in [-0.05, 0) is 48.1 Å². The van der Waals surface area contributed by atoms with E-state index >= 15 is 0 Å². The number of hydrogen-bond acceptors (Lipinski definition) is 0. The van der Waals surface area contributed by atoms with Crippen LogP contribution in [0.5, 0.6) is 0 Å². The predicted molar refractivity (Wildman–Crippen MR) is 103 cm³/mol. The molecule has 1 heteroatoms. The zero-order valence-electron chi connectivity index (χ0n) is 14.8. The molecule has 0 spiro atoms. The van der Waals surface area contributed by atoms with E-state index in [1.165, 1.54) is 5.56 Å². The lowest BCUT2D eigenvalue weighted by Crippen LogP contribution is -1.92.